The molecule has 0 saturated carbocycles. The summed E-state index contributed by atoms with van der Waals surface area (Å²) in [7, 11) is 0. The molecule has 6 heteroatoms. The fraction of sp³-hybridized carbons (Fsp3) is 0.125. The number of para-hydroxylation sites is 2. The zero-order valence-corrected chi connectivity index (χ0v) is 12.4. The molecule has 0 radical (unpaired) electrons. The number of aryl methyl sites for hydroxylation is 1. The first-order valence-electron chi connectivity index (χ1n) is 6.74. The number of hydrogen-bond donors (Lipinski definition) is 0. The first-order valence-corrected chi connectivity index (χ1v) is 7.28. The van der Waals surface area contributed by atoms with Crippen LogP contribution < -0.4 is 9.64 Å². The van der Waals surface area contributed by atoms with E-state index >= 15 is 0 Å². The smallest absolute Gasteiger partial charge is 0.246 e. The van der Waals surface area contributed by atoms with E-state index in [9.17, 15) is 4.79 Å². The van der Waals surface area contributed by atoms with Crippen molar-refractivity contribution < 1.29 is 13.9 Å². The Morgan fingerprint density at radius 1 is 1.23 bits per heavy atom. The van der Waals surface area contributed by atoms with Gasteiger partial charge >= 0.3 is 0 Å². The van der Waals surface area contributed by atoms with Gasteiger partial charge in [-0.25, -0.2) is 4.98 Å². The van der Waals surface area contributed by atoms with Crippen LogP contribution in [0.1, 0.15) is 5.89 Å². The quantitative estimate of drug-likeness (QED) is 0.633. The number of benzene rings is 2. The molecule has 0 spiro atoms. The van der Waals surface area contributed by atoms with Gasteiger partial charge in [0.1, 0.15) is 11.4 Å². The molecule has 110 valence electrons. The minimum absolute atomic E-state index is 0.121. The van der Waals surface area contributed by atoms with E-state index in [0.717, 1.165) is 0 Å². The Kier molecular flexibility index (Phi) is 2.84. The highest BCUT2D eigenvalue weighted by Gasteiger charge is 2.29. The van der Waals surface area contributed by atoms with E-state index in [1.165, 1.54) is 0 Å². The van der Waals surface area contributed by atoms with Crippen molar-refractivity contribution >= 4 is 40.0 Å². The number of aromatic nitrogens is 1. The zero-order valence-electron chi connectivity index (χ0n) is 11.7. The fourth-order valence-electron chi connectivity index (χ4n) is 2.62. The predicted octanol–water partition coefficient (Wildman–Crippen LogP) is 4.15. The first-order chi connectivity index (χ1) is 10.7. The van der Waals surface area contributed by atoms with Crippen molar-refractivity contribution in [1.82, 2.24) is 4.98 Å². The number of ether oxygens (including phenoxy) is 1. The molecule has 0 N–H and O–H groups in total. The second-order valence-electron chi connectivity index (χ2n) is 4.95. The van der Waals surface area contributed by atoms with Crippen molar-refractivity contribution in [3.8, 4) is 11.5 Å². The maximum Gasteiger partial charge on any atom is 0.246 e. The lowest BCUT2D eigenvalue weighted by atomic mass is 10.1. The molecule has 5 nitrogen and oxygen atoms in total. The van der Waals surface area contributed by atoms with E-state index in [0.29, 0.717) is 39.9 Å². The molecule has 0 aliphatic carbocycles. The number of fused-ring (bicyclic) bond motifs is 3. The molecule has 2 heterocycles. The highest BCUT2D eigenvalue weighted by Crippen LogP contribution is 2.48. The summed E-state index contributed by atoms with van der Waals surface area (Å²) in [6.07, 6.45) is 0. The van der Waals surface area contributed by atoms with Crippen LogP contribution in [0.25, 0.3) is 11.1 Å². The topological polar surface area (TPSA) is 55.6 Å². The zero-order chi connectivity index (χ0) is 15.3. The van der Waals surface area contributed by atoms with Gasteiger partial charge in [0.15, 0.2) is 23.0 Å². The van der Waals surface area contributed by atoms with E-state index in [4.69, 9.17) is 20.8 Å². The average molecular weight is 315 g/mol. The number of alkyl halides is 1. The van der Waals surface area contributed by atoms with Crippen LogP contribution in [0.15, 0.2) is 40.8 Å². The van der Waals surface area contributed by atoms with Crippen molar-refractivity contribution in [2.24, 2.45) is 0 Å². The molecule has 1 aliphatic rings. The molecular formula is C16H11ClN2O3. The molecule has 22 heavy (non-hydrogen) atoms. The van der Waals surface area contributed by atoms with Crippen molar-refractivity contribution in [1.29, 1.82) is 0 Å². The van der Waals surface area contributed by atoms with Gasteiger partial charge in [0.2, 0.25) is 5.91 Å². The molecule has 1 aromatic heterocycles. The summed E-state index contributed by atoms with van der Waals surface area (Å²) in [5, 5.41) is 0. The fourth-order valence-corrected chi connectivity index (χ4v) is 2.74. The molecule has 3 aromatic rings. The Balaban J connectivity index is 1.98. The van der Waals surface area contributed by atoms with E-state index in [-0.39, 0.29) is 11.8 Å². The van der Waals surface area contributed by atoms with Gasteiger partial charge in [-0.15, -0.1) is 11.6 Å². The SMILES string of the molecule is Cc1nc2cc3c(cc2o1)Oc1ccccc1N3C(=O)CCl. The standard InChI is InChI=1S/C16H11ClN2O3/c1-9-18-10-6-12-15(7-14(10)21-9)22-13-5-3-2-4-11(13)19(12)16(20)8-17/h2-7H,8H2,1H3. The summed E-state index contributed by atoms with van der Waals surface area (Å²) in [4.78, 5) is 18.2. The number of rotatable bonds is 1. The number of anilines is 2. The summed E-state index contributed by atoms with van der Waals surface area (Å²) in [6.45, 7) is 1.77. The van der Waals surface area contributed by atoms with Crippen LogP contribution in [-0.4, -0.2) is 16.8 Å². The summed E-state index contributed by atoms with van der Waals surface area (Å²) >= 11 is 5.77. The lowest BCUT2D eigenvalue weighted by molar-refractivity contribution is -0.115. The Bertz CT molecular complexity index is 904. The van der Waals surface area contributed by atoms with Crippen LogP contribution in [0.2, 0.25) is 0 Å². The second-order valence-corrected chi connectivity index (χ2v) is 5.22. The summed E-state index contributed by atoms with van der Waals surface area (Å²) in [5.74, 6) is 1.36. The van der Waals surface area contributed by atoms with Gasteiger partial charge < -0.3 is 9.15 Å². The number of oxazole rings is 1. The van der Waals surface area contributed by atoms with Crippen LogP contribution in [0.5, 0.6) is 11.5 Å². The first kappa shape index (κ1) is 13.2. The Hall–Kier alpha value is -2.53. The minimum Gasteiger partial charge on any atom is -0.453 e. The summed E-state index contributed by atoms with van der Waals surface area (Å²) < 4.78 is 11.4. The van der Waals surface area contributed by atoms with E-state index in [1.54, 1.807) is 24.0 Å². The van der Waals surface area contributed by atoms with E-state index in [1.807, 2.05) is 24.3 Å². The van der Waals surface area contributed by atoms with Gasteiger partial charge in [-0.3, -0.25) is 9.69 Å². The third-order valence-electron chi connectivity index (χ3n) is 3.51. The Labute approximate surface area is 131 Å². The van der Waals surface area contributed by atoms with Crippen LogP contribution in [0, 0.1) is 6.92 Å². The van der Waals surface area contributed by atoms with Crippen LogP contribution in [-0.2, 0) is 4.79 Å². The molecule has 2 aromatic carbocycles. The highest BCUT2D eigenvalue weighted by atomic mass is 35.5. The van der Waals surface area contributed by atoms with Crippen LogP contribution in [0.3, 0.4) is 0 Å². The predicted molar refractivity (Wildman–Crippen MR) is 83.1 cm³/mol. The monoisotopic (exact) mass is 314 g/mol. The number of halogens is 1. The van der Waals surface area contributed by atoms with Crippen molar-refractivity contribution in [2.75, 3.05) is 10.8 Å². The maximum absolute atomic E-state index is 12.3. The second kappa shape index (κ2) is 4.74. The lowest BCUT2D eigenvalue weighted by Crippen LogP contribution is -2.29. The lowest BCUT2D eigenvalue weighted by Gasteiger charge is -2.30. The Morgan fingerprint density at radius 2 is 2.05 bits per heavy atom. The third-order valence-corrected chi connectivity index (χ3v) is 3.74. The summed E-state index contributed by atoms with van der Waals surface area (Å²) in [6, 6.07) is 10.9. The van der Waals surface area contributed by atoms with Crippen molar-refractivity contribution in [3.05, 3.63) is 42.3 Å². The maximum atomic E-state index is 12.3. The number of amides is 1. The minimum atomic E-state index is -0.224. The number of nitrogens with zero attached hydrogens (tertiary/aromatic N) is 2. The molecule has 0 saturated heterocycles. The van der Waals surface area contributed by atoms with Gasteiger partial charge in [0.05, 0.1) is 11.4 Å². The number of carbonyl (C=O) groups excluding carboxylic acids is 1. The molecule has 1 aliphatic heterocycles. The van der Waals surface area contributed by atoms with Gasteiger partial charge in [-0.2, -0.15) is 0 Å². The van der Waals surface area contributed by atoms with Gasteiger partial charge in [-0.1, -0.05) is 12.1 Å². The van der Waals surface area contributed by atoms with Crippen LogP contribution in [0.4, 0.5) is 11.4 Å². The molecule has 0 unspecified atom stereocenters. The largest absolute Gasteiger partial charge is 0.453 e. The summed E-state index contributed by atoms with van der Waals surface area (Å²) in [5.41, 5.74) is 2.57. The molecule has 1 amide bonds. The van der Waals surface area contributed by atoms with Crippen molar-refractivity contribution in [2.45, 2.75) is 6.92 Å². The van der Waals surface area contributed by atoms with Gasteiger partial charge in [0.25, 0.3) is 0 Å². The van der Waals surface area contributed by atoms with Gasteiger partial charge in [0, 0.05) is 13.0 Å². The normalized spacial score (nSPS) is 12.7. The molecule has 0 fully saturated rings. The van der Waals surface area contributed by atoms with Gasteiger partial charge in [-0.05, 0) is 18.2 Å². The number of carbonyl (C=O) groups is 1. The van der Waals surface area contributed by atoms with Crippen molar-refractivity contribution in [3.63, 3.8) is 0 Å². The van der Waals surface area contributed by atoms with E-state index < -0.39 is 0 Å². The molecule has 0 bridgehead atoms. The molecule has 0 atom stereocenters. The number of hydrogen-bond acceptors (Lipinski definition) is 4. The highest BCUT2D eigenvalue weighted by molar-refractivity contribution is 6.30. The Morgan fingerprint density at radius 3 is 2.86 bits per heavy atom. The van der Waals surface area contributed by atoms with Crippen LogP contribution >= 0.6 is 11.6 Å². The third kappa shape index (κ3) is 1.86. The molecular weight excluding hydrogens is 304 g/mol. The average Bonchev–Trinajstić information content (AvgIpc) is 2.88. The van der Waals surface area contributed by atoms with E-state index in [2.05, 4.69) is 4.98 Å². The molecule has 4 rings (SSSR count).